The zero-order valence-corrected chi connectivity index (χ0v) is 31.0. The van der Waals surface area contributed by atoms with Crippen molar-refractivity contribution in [2.75, 3.05) is 6.61 Å². The number of unbranched alkanes of at least 4 members (excludes halogenated alkanes) is 20. The van der Waals surface area contributed by atoms with E-state index in [-0.39, 0.29) is 47.5 Å². The van der Waals surface area contributed by atoms with E-state index in [0.29, 0.717) is 0 Å². The SMILES string of the molecule is CCCCCCCC/C=C\CCCCCCCC(=O)[O-].CCCCCCCCCCCCOS(=O)(=O)c1ccccc1.[Na+]. The minimum atomic E-state index is -3.57. The Balaban J connectivity index is 0. The van der Waals surface area contributed by atoms with Crippen molar-refractivity contribution < 1.29 is 52.1 Å². The van der Waals surface area contributed by atoms with Crippen molar-refractivity contribution in [1.82, 2.24) is 0 Å². The fourth-order valence-corrected chi connectivity index (χ4v) is 5.72. The zero-order chi connectivity index (χ0) is 31.0. The van der Waals surface area contributed by atoms with Gasteiger partial charge in [-0.15, -0.1) is 0 Å². The summed E-state index contributed by atoms with van der Waals surface area (Å²) in [7, 11) is -3.57. The summed E-state index contributed by atoms with van der Waals surface area (Å²) < 4.78 is 28.8. The predicted molar refractivity (Wildman–Crippen MR) is 176 cm³/mol. The van der Waals surface area contributed by atoms with Crippen molar-refractivity contribution in [1.29, 1.82) is 0 Å². The number of carbonyl (C=O) groups is 1. The summed E-state index contributed by atoms with van der Waals surface area (Å²) in [6, 6.07) is 8.33. The average Bonchev–Trinajstić information content (AvgIpc) is 2.98. The Labute approximate surface area is 288 Å². The number of benzene rings is 1. The largest absolute Gasteiger partial charge is 1.00 e. The van der Waals surface area contributed by atoms with Crippen LogP contribution in [0.2, 0.25) is 0 Å². The minimum absolute atomic E-state index is 0. The van der Waals surface area contributed by atoms with Gasteiger partial charge in [-0.3, -0.25) is 4.18 Å². The molecular weight excluding hydrogens is 567 g/mol. The van der Waals surface area contributed by atoms with Crippen molar-refractivity contribution in [2.45, 2.75) is 173 Å². The number of hydrogen-bond donors (Lipinski definition) is 0. The Bertz CT molecular complexity index is 842. The number of allylic oxidation sites excluding steroid dienone is 2. The summed E-state index contributed by atoms with van der Waals surface area (Å²) in [5.74, 6) is -0.914. The van der Waals surface area contributed by atoms with Crippen LogP contribution in [0, 0.1) is 0 Å². The van der Waals surface area contributed by atoms with E-state index in [0.717, 1.165) is 32.1 Å². The molecule has 0 aliphatic carbocycles. The second-order valence-electron chi connectivity index (χ2n) is 11.5. The molecule has 0 N–H and O–H groups in total. The van der Waals surface area contributed by atoms with Gasteiger partial charge >= 0.3 is 29.6 Å². The smallest absolute Gasteiger partial charge is 0.550 e. The van der Waals surface area contributed by atoms with Gasteiger partial charge in [0.1, 0.15) is 0 Å². The van der Waals surface area contributed by atoms with Crippen LogP contribution in [0.4, 0.5) is 0 Å². The molecule has 0 aliphatic rings. The molecule has 0 aliphatic heterocycles. The van der Waals surface area contributed by atoms with E-state index in [9.17, 15) is 18.3 Å². The van der Waals surface area contributed by atoms with Crippen LogP contribution in [0.3, 0.4) is 0 Å². The van der Waals surface area contributed by atoms with Crippen molar-refractivity contribution >= 4 is 16.1 Å². The predicted octanol–water partition coefficient (Wildman–Crippen LogP) is 7.09. The molecule has 244 valence electrons. The molecule has 0 bridgehead atoms. The Kier molecular flexibility index (Phi) is 35.4. The third-order valence-corrected chi connectivity index (χ3v) is 8.74. The molecule has 5 nitrogen and oxygen atoms in total. The normalized spacial score (nSPS) is 11.2. The number of rotatable bonds is 28. The van der Waals surface area contributed by atoms with E-state index < -0.39 is 16.1 Å². The van der Waals surface area contributed by atoms with E-state index in [4.69, 9.17) is 4.18 Å². The molecule has 0 unspecified atom stereocenters. The van der Waals surface area contributed by atoms with Gasteiger partial charge in [0.25, 0.3) is 10.1 Å². The Hall–Kier alpha value is -0.660. The third-order valence-electron chi connectivity index (χ3n) is 7.41. The fraction of sp³-hybridized carbons (Fsp3) is 0.750. The van der Waals surface area contributed by atoms with Crippen molar-refractivity contribution in [3.63, 3.8) is 0 Å². The summed E-state index contributed by atoms with van der Waals surface area (Å²) in [5.41, 5.74) is 0. The standard InChI is InChI=1S/C18H30O3S.C18H34O2.Na/c1-2-3-4-5-6-7-8-9-10-14-17-21-22(19,20)18-15-12-11-13-16-18;1-2-3-4-5-6-7-8-9-10-11-12-13-14-15-16-17-18(19)20;/h11-13,15-16H,2-10,14,17H2,1H3;9-10H,2-8,11-17H2,1H3,(H,19,20);/q;;+1/p-1/b;10-9-;. The maximum absolute atomic E-state index is 11.9. The summed E-state index contributed by atoms with van der Waals surface area (Å²) in [6.45, 7) is 4.78. The van der Waals surface area contributed by atoms with Gasteiger partial charge < -0.3 is 9.90 Å². The minimum Gasteiger partial charge on any atom is -0.550 e. The van der Waals surface area contributed by atoms with Crippen LogP contribution >= 0.6 is 0 Å². The molecule has 1 aromatic carbocycles. The molecule has 1 aromatic rings. The second-order valence-corrected chi connectivity index (χ2v) is 13.1. The van der Waals surface area contributed by atoms with Crippen LogP contribution < -0.4 is 34.7 Å². The molecule has 0 aromatic heterocycles. The molecule has 0 amide bonds. The van der Waals surface area contributed by atoms with E-state index in [2.05, 4.69) is 26.0 Å². The topological polar surface area (TPSA) is 83.5 Å². The van der Waals surface area contributed by atoms with Crippen LogP contribution in [0.5, 0.6) is 0 Å². The van der Waals surface area contributed by atoms with E-state index in [1.54, 1.807) is 30.3 Å². The van der Waals surface area contributed by atoms with Gasteiger partial charge in [-0.25, -0.2) is 0 Å². The molecular formula is C36H63NaO5S. The fourth-order valence-electron chi connectivity index (χ4n) is 4.75. The molecule has 0 radical (unpaired) electrons. The Morgan fingerprint density at radius 3 is 1.47 bits per heavy atom. The second kappa shape index (κ2) is 34.2. The van der Waals surface area contributed by atoms with Crippen LogP contribution in [-0.2, 0) is 19.1 Å². The number of carbonyl (C=O) groups excluding carboxylic acids is 1. The third kappa shape index (κ3) is 32.5. The first kappa shape index (κ1) is 44.5. The molecule has 1 rings (SSSR count). The molecule has 0 spiro atoms. The summed E-state index contributed by atoms with van der Waals surface area (Å²) in [4.78, 5) is 10.5. The van der Waals surface area contributed by atoms with Gasteiger partial charge in [0, 0.05) is 5.97 Å². The van der Waals surface area contributed by atoms with Gasteiger partial charge in [0.15, 0.2) is 0 Å². The summed E-state index contributed by atoms with van der Waals surface area (Å²) in [6.07, 6.45) is 33.2. The summed E-state index contributed by atoms with van der Waals surface area (Å²) in [5, 5.41) is 10.2. The maximum atomic E-state index is 11.9. The molecule has 7 heteroatoms. The quantitative estimate of drug-likeness (QED) is 0.0427. The molecule has 43 heavy (non-hydrogen) atoms. The van der Waals surface area contributed by atoms with Crippen molar-refractivity contribution in [2.24, 2.45) is 0 Å². The van der Waals surface area contributed by atoms with Gasteiger partial charge in [-0.05, 0) is 57.1 Å². The van der Waals surface area contributed by atoms with Gasteiger partial charge in [-0.2, -0.15) is 8.42 Å². The Morgan fingerprint density at radius 2 is 1.02 bits per heavy atom. The van der Waals surface area contributed by atoms with Crippen molar-refractivity contribution in [3.05, 3.63) is 42.5 Å². The van der Waals surface area contributed by atoms with Gasteiger partial charge in [0.05, 0.1) is 11.5 Å². The maximum Gasteiger partial charge on any atom is 1.00 e. The van der Waals surface area contributed by atoms with E-state index in [1.165, 1.54) is 116 Å². The van der Waals surface area contributed by atoms with Crippen LogP contribution in [0.15, 0.2) is 47.4 Å². The molecule has 0 heterocycles. The molecule has 0 saturated heterocycles. The van der Waals surface area contributed by atoms with E-state index in [1.807, 2.05) is 0 Å². The average molecular weight is 631 g/mol. The summed E-state index contributed by atoms with van der Waals surface area (Å²) >= 11 is 0. The number of aliphatic carboxylic acids is 1. The van der Waals surface area contributed by atoms with Crippen LogP contribution in [0.25, 0.3) is 0 Å². The van der Waals surface area contributed by atoms with Crippen LogP contribution in [0.1, 0.15) is 168 Å². The van der Waals surface area contributed by atoms with Gasteiger partial charge in [0.2, 0.25) is 0 Å². The zero-order valence-electron chi connectivity index (χ0n) is 28.2. The first-order chi connectivity index (χ1) is 20.4. The Morgan fingerprint density at radius 1 is 0.628 bits per heavy atom. The monoisotopic (exact) mass is 630 g/mol. The molecule has 0 saturated carbocycles. The van der Waals surface area contributed by atoms with Crippen LogP contribution in [-0.4, -0.2) is 21.0 Å². The first-order valence-corrected chi connectivity index (χ1v) is 18.6. The van der Waals surface area contributed by atoms with E-state index >= 15 is 0 Å². The van der Waals surface area contributed by atoms with Crippen molar-refractivity contribution in [3.8, 4) is 0 Å². The number of hydrogen-bond acceptors (Lipinski definition) is 5. The number of carboxylic acid groups (broad SMARTS) is 1. The van der Waals surface area contributed by atoms with Gasteiger partial charge in [-0.1, -0.05) is 153 Å². The number of carboxylic acids is 1. The first-order valence-electron chi connectivity index (χ1n) is 17.2. The molecule has 0 atom stereocenters. The molecule has 0 fully saturated rings.